The van der Waals surface area contributed by atoms with Gasteiger partial charge in [0.1, 0.15) is 17.5 Å². The van der Waals surface area contributed by atoms with Gasteiger partial charge in [0.25, 0.3) is 5.91 Å². The number of amides is 1. The van der Waals surface area contributed by atoms with E-state index in [4.69, 9.17) is 4.74 Å². The molecule has 1 aromatic carbocycles. The van der Waals surface area contributed by atoms with Gasteiger partial charge in [0.05, 0.1) is 0 Å². The number of carbonyl (C=O) groups is 1. The SMILES string of the molecule is CN(C(=O)c1csc(=O)[nH]1)[C@@H]1C[C@H](Oc2ccccc2)C1(C)C. The van der Waals surface area contributed by atoms with Gasteiger partial charge in [-0.15, -0.1) is 0 Å². The number of ether oxygens (including phenoxy) is 1. The molecule has 3 rings (SSSR count). The summed E-state index contributed by atoms with van der Waals surface area (Å²) in [6, 6.07) is 9.80. The van der Waals surface area contributed by atoms with E-state index in [-0.39, 0.29) is 28.3 Å². The molecule has 1 amide bonds. The number of hydrogen-bond acceptors (Lipinski definition) is 4. The Morgan fingerprint density at radius 2 is 2.04 bits per heavy atom. The lowest BCUT2D eigenvalue weighted by atomic mass is 9.63. The number of thiazole rings is 1. The molecule has 0 unspecified atom stereocenters. The summed E-state index contributed by atoms with van der Waals surface area (Å²) in [5.41, 5.74) is 0.196. The van der Waals surface area contributed by atoms with E-state index in [1.807, 2.05) is 30.3 Å². The van der Waals surface area contributed by atoms with Gasteiger partial charge in [-0.05, 0) is 12.1 Å². The van der Waals surface area contributed by atoms with Crippen molar-refractivity contribution in [3.63, 3.8) is 0 Å². The standard InChI is InChI=1S/C17H20N2O3S/c1-17(2)13(9-14(17)22-11-7-5-4-6-8-11)19(3)15(20)12-10-23-16(21)18-12/h4-8,10,13-14H,9H2,1-3H3,(H,18,21)/t13-,14+/m1/s1. The van der Waals surface area contributed by atoms with Gasteiger partial charge in [-0.25, -0.2) is 0 Å². The summed E-state index contributed by atoms with van der Waals surface area (Å²) >= 11 is 1.01. The highest BCUT2D eigenvalue weighted by atomic mass is 32.1. The summed E-state index contributed by atoms with van der Waals surface area (Å²) in [7, 11) is 1.78. The summed E-state index contributed by atoms with van der Waals surface area (Å²) in [5, 5.41) is 1.57. The quantitative estimate of drug-likeness (QED) is 0.936. The molecule has 0 aliphatic heterocycles. The number of benzene rings is 1. The third kappa shape index (κ3) is 2.91. The molecule has 1 aliphatic rings. The van der Waals surface area contributed by atoms with Gasteiger partial charge >= 0.3 is 4.87 Å². The molecule has 6 heteroatoms. The fraction of sp³-hybridized carbons (Fsp3) is 0.412. The molecule has 0 spiro atoms. The van der Waals surface area contributed by atoms with E-state index >= 15 is 0 Å². The minimum absolute atomic E-state index is 0.0617. The number of hydrogen-bond donors (Lipinski definition) is 1. The summed E-state index contributed by atoms with van der Waals surface area (Å²) in [4.78, 5) is 27.8. The van der Waals surface area contributed by atoms with E-state index in [1.54, 1.807) is 17.3 Å². The predicted molar refractivity (Wildman–Crippen MR) is 90.1 cm³/mol. The van der Waals surface area contributed by atoms with Gasteiger partial charge < -0.3 is 14.6 Å². The van der Waals surface area contributed by atoms with Gasteiger partial charge in [0, 0.05) is 30.3 Å². The second kappa shape index (κ2) is 5.85. The molecule has 122 valence electrons. The van der Waals surface area contributed by atoms with Crippen molar-refractivity contribution in [2.45, 2.75) is 32.4 Å². The van der Waals surface area contributed by atoms with Crippen LogP contribution in [0.1, 0.15) is 30.8 Å². The maximum Gasteiger partial charge on any atom is 0.305 e. The first-order chi connectivity index (χ1) is 10.9. The second-order valence-corrected chi connectivity index (χ2v) is 7.31. The lowest BCUT2D eigenvalue weighted by Gasteiger charge is -2.54. The number of nitrogens with zero attached hydrogens (tertiary/aromatic N) is 1. The highest BCUT2D eigenvalue weighted by Gasteiger charge is 2.53. The Balaban J connectivity index is 1.68. The van der Waals surface area contributed by atoms with E-state index in [0.29, 0.717) is 5.69 Å². The Morgan fingerprint density at radius 1 is 1.35 bits per heavy atom. The highest BCUT2D eigenvalue weighted by Crippen LogP contribution is 2.45. The molecule has 0 bridgehead atoms. The number of carbonyl (C=O) groups excluding carboxylic acids is 1. The molecule has 0 radical (unpaired) electrons. The third-order valence-electron chi connectivity index (χ3n) is 4.69. The second-order valence-electron chi connectivity index (χ2n) is 6.47. The number of aromatic nitrogens is 1. The summed E-state index contributed by atoms with van der Waals surface area (Å²) in [6.07, 6.45) is 0.838. The van der Waals surface area contributed by atoms with Gasteiger partial charge in [-0.3, -0.25) is 9.59 Å². The Morgan fingerprint density at radius 3 is 2.61 bits per heavy atom. The predicted octanol–water partition coefficient (Wildman–Crippen LogP) is 2.75. The minimum atomic E-state index is -0.208. The zero-order valence-corrected chi connectivity index (χ0v) is 14.2. The molecule has 1 fully saturated rings. The summed E-state index contributed by atoms with van der Waals surface area (Å²) < 4.78 is 6.04. The molecule has 1 N–H and O–H groups in total. The van der Waals surface area contributed by atoms with Crippen molar-refractivity contribution >= 4 is 17.2 Å². The maximum atomic E-state index is 12.5. The van der Waals surface area contributed by atoms with Crippen LogP contribution in [0.2, 0.25) is 0 Å². The molecule has 1 saturated carbocycles. The number of nitrogens with one attached hydrogen (secondary N) is 1. The minimum Gasteiger partial charge on any atom is -0.490 e. The molecule has 1 heterocycles. The van der Waals surface area contributed by atoms with Crippen molar-refractivity contribution in [2.24, 2.45) is 5.41 Å². The van der Waals surface area contributed by atoms with Gasteiger partial charge in [0.15, 0.2) is 0 Å². The number of para-hydroxylation sites is 1. The van der Waals surface area contributed by atoms with Crippen LogP contribution in [0, 0.1) is 5.41 Å². The first-order valence-corrected chi connectivity index (χ1v) is 8.44. The number of rotatable bonds is 4. The fourth-order valence-corrected chi connectivity index (χ4v) is 3.66. The Hall–Kier alpha value is -2.08. The zero-order valence-electron chi connectivity index (χ0n) is 13.4. The smallest absolute Gasteiger partial charge is 0.305 e. The Kier molecular flexibility index (Phi) is 4.02. The van der Waals surface area contributed by atoms with Gasteiger partial charge in [-0.2, -0.15) is 0 Å². The number of H-pyrrole nitrogens is 1. The molecule has 1 aliphatic carbocycles. The van der Waals surface area contributed by atoms with Crippen molar-refractivity contribution in [2.75, 3.05) is 7.05 Å². The first-order valence-electron chi connectivity index (χ1n) is 7.56. The van der Waals surface area contributed by atoms with Crippen LogP contribution < -0.4 is 9.61 Å². The van der Waals surface area contributed by atoms with E-state index in [9.17, 15) is 9.59 Å². The molecular formula is C17H20N2O3S. The van der Waals surface area contributed by atoms with Crippen LogP contribution >= 0.6 is 11.3 Å². The lowest BCUT2D eigenvalue weighted by Crippen LogP contribution is -2.63. The average molecular weight is 332 g/mol. The van der Waals surface area contributed by atoms with Crippen molar-refractivity contribution in [1.29, 1.82) is 0 Å². The Bertz CT molecular complexity index is 750. The molecule has 5 nitrogen and oxygen atoms in total. The summed E-state index contributed by atoms with van der Waals surface area (Å²) in [6.45, 7) is 4.21. The maximum absolute atomic E-state index is 12.5. The van der Waals surface area contributed by atoms with Gasteiger partial charge in [-0.1, -0.05) is 43.4 Å². The van der Waals surface area contributed by atoms with Crippen LogP contribution in [0.4, 0.5) is 0 Å². The highest BCUT2D eigenvalue weighted by molar-refractivity contribution is 7.07. The topological polar surface area (TPSA) is 62.4 Å². The summed E-state index contributed by atoms with van der Waals surface area (Å²) in [5.74, 6) is 0.694. The van der Waals surface area contributed by atoms with Crippen LogP contribution in [0.25, 0.3) is 0 Å². The molecular weight excluding hydrogens is 312 g/mol. The lowest BCUT2D eigenvalue weighted by molar-refractivity contribution is -0.0887. The van der Waals surface area contributed by atoms with Crippen LogP contribution in [0.5, 0.6) is 5.75 Å². The van der Waals surface area contributed by atoms with Crippen molar-refractivity contribution < 1.29 is 9.53 Å². The van der Waals surface area contributed by atoms with Crippen LogP contribution in [0.15, 0.2) is 40.5 Å². The molecule has 2 aromatic rings. The van der Waals surface area contributed by atoms with Crippen molar-refractivity contribution in [3.05, 3.63) is 51.1 Å². The average Bonchev–Trinajstić information content (AvgIpc) is 2.97. The van der Waals surface area contributed by atoms with Crippen LogP contribution in [0.3, 0.4) is 0 Å². The molecule has 1 aromatic heterocycles. The largest absolute Gasteiger partial charge is 0.490 e. The van der Waals surface area contributed by atoms with E-state index in [0.717, 1.165) is 23.5 Å². The fourth-order valence-electron chi connectivity index (χ4n) is 3.10. The Labute approximate surface area is 138 Å². The first kappa shape index (κ1) is 15.8. The van der Waals surface area contributed by atoms with E-state index < -0.39 is 0 Å². The zero-order chi connectivity index (χ0) is 16.6. The molecule has 2 atom stereocenters. The van der Waals surface area contributed by atoms with E-state index in [1.165, 1.54) is 0 Å². The number of aromatic amines is 1. The van der Waals surface area contributed by atoms with Crippen LogP contribution in [-0.4, -0.2) is 35.0 Å². The van der Waals surface area contributed by atoms with E-state index in [2.05, 4.69) is 18.8 Å². The normalized spacial score (nSPS) is 22.2. The van der Waals surface area contributed by atoms with Crippen LogP contribution in [-0.2, 0) is 0 Å². The van der Waals surface area contributed by atoms with Crippen molar-refractivity contribution in [3.8, 4) is 5.75 Å². The van der Waals surface area contributed by atoms with Gasteiger partial charge in [0.2, 0.25) is 0 Å². The third-order valence-corrected chi connectivity index (χ3v) is 5.36. The van der Waals surface area contributed by atoms with Crippen molar-refractivity contribution in [1.82, 2.24) is 9.88 Å². The monoisotopic (exact) mass is 332 g/mol. The molecule has 0 saturated heterocycles. The molecule has 23 heavy (non-hydrogen) atoms.